The van der Waals surface area contributed by atoms with Crippen molar-refractivity contribution in [3.8, 4) is 0 Å². The van der Waals surface area contributed by atoms with Gasteiger partial charge in [-0.15, -0.1) is 22.9 Å². The Morgan fingerprint density at radius 1 is 1.50 bits per heavy atom. The van der Waals surface area contributed by atoms with Crippen LogP contribution in [-0.2, 0) is 0 Å². The van der Waals surface area contributed by atoms with Crippen LogP contribution in [-0.4, -0.2) is 21.4 Å². The maximum absolute atomic E-state index is 5.96. The largest absolute Gasteiger partial charge is 0.362 e. The predicted octanol–water partition coefficient (Wildman–Crippen LogP) is 3.18. The van der Waals surface area contributed by atoms with Crippen molar-refractivity contribution in [1.29, 1.82) is 0 Å². The first-order valence-electron chi connectivity index (χ1n) is 5.27. The summed E-state index contributed by atoms with van der Waals surface area (Å²) in [5.41, 5.74) is 2.34. The maximum Gasteiger partial charge on any atom is 0.147 e. The van der Waals surface area contributed by atoms with Crippen molar-refractivity contribution in [3.63, 3.8) is 0 Å². The highest BCUT2D eigenvalue weighted by molar-refractivity contribution is 7.18. The molecule has 1 saturated carbocycles. The van der Waals surface area contributed by atoms with Crippen LogP contribution in [0.3, 0.4) is 0 Å². The van der Waals surface area contributed by atoms with Crippen LogP contribution in [0.15, 0.2) is 11.7 Å². The molecule has 1 aliphatic rings. The number of aromatic nitrogens is 2. The molecule has 16 heavy (non-hydrogen) atoms. The van der Waals surface area contributed by atoms with Crippen LogP contribution in [0.5, 0.6) is 0 Å². The van der Waals surface area contributed by atoms with Gasteiger partial charge in [-0.1, -0.05) is 0 Å². The number of alkyl halides is 1. The molecule has 0 bridgehead atoms. The minimum absolute atomic E-state index is 0.0841. The van der Waals surface area contributed by atoms with Crippen molar-refractivity contribution in [2.45, 2.75) is 25.3 Å². The molecule has 84 valence electrons. The van der Waals surface area contributed by atoms with Gasteiger partial charge >= 0.3 is 0 Å². The molecule has 3 nitrogen and oxygen atoms in total. The van der Waals surface area contributed by atoms with Crippen molar-refractivity contribution < 1.29 is 0 Å². The zero-order valence-electron chi connectivity index (χ0n) is 8.96. The highest BCUT2D eigenvalue weighted by Crippen LogP contribution is 2.41. The van der Waals surface area contributed by atoms with Crippen LogP contribution in [0.1, 0.15) is 18.4 Å². The number of hydrogen-bond donors (Lipinski definition) is 1. The highest BCUT2D eigenvalue weighted by Gasteiger charge is 2.42. The molecule has 0 amide bonds. The second kappa shape index (κ2) is 3.57. The maximum atomic E-state index is 5.96. The topological polar surface area (TPSA) is 37.8 Å². The lowest BCUT2D eigenvalue weighted by molar-refractivity contribution is 0.831. The molecule has 5 heteroatoms. The summed E-state index contributed by atoms with van der Waals surface area (Å²) in [7, 11) is 0. The molecule has 0 saturated heterocycles. The Labute approximate surface area is 103 Å². The van der Waals surface area contributed by atoms with Crippen LogP contribution in [0.4, 0.5) is 5.82 Å². The fraction of sp³-hybridized carbons (Fsp3) is 0.455. The van der Waals surface area contributed by atoms with Crippen LogP contribution in [0.2, 0.25) is 0 Å². The summed E-state index contributed by atoms with van der Waals surface area (Å²) in [5, 5.41) is 5.58. The quantitative estimate of drug-likeness (QED) is 0.854. The lowest BCUT2D eigenvalue weighted by Gasteiger charge is -2.14. The van der Waals surface area contributed by atoms with Gasteiger partial charge in [-0.25, -0.2) is 9.97 Å². The van der Waals surface area contributed by atoms with Crippen molar-refractivity contribution >= 4 is 39.0 Å². The lowest BCUT2D eigenvalue weighted by atomic mass is 10.3. The third kappa shape index (κ3) is 1.57. The van der Waals surface area contributed by atoms with E-state index in [0.29, 0.717) is 5.88 Å². The van der Waals surface area contributed by atoms with Gasteiger partial charge in [0.05, 0.1) is 15.8 Å². The predicted molar refractivity (Wildman–Crippen MR) is 68.5 cm³/mol. The number of nitrogens with one attached hydrogen (secondary N) is 1. The Morgan fingerprint density at radius 2 is 2.31 bits per heavy atom. The van der Waals surface area contributed by atoms with Gasteiger partial charge in [-0.05, 0) is 30.7 Å². The number of nitrogens with zero attached hydrogens (tertiary/aromatic N) is 2. The lowest BCUT2D eigenvalue weighted by Crippen LogP contribution is -2.23. The van der Waals surface area contributed by atoms with Crippen molar-refractivity contribution in [2.75, 3.05) is 11.2 Å². The molecule has 3 rings (SSSR count). The second-order valence-corrected chi connectivity index (χ2v) is 5.50. The van der Waals surface area contributed by atoms with Gasteiger partial charge < -0.3 is 5.32 Å². The van der Waals surface area contributed by atoms with Gasteiger partial charge in [0.15, 0.2) is 0 Å². The van der Waals surface area contributed by atoms with E-state index in [9.17, 15) is 0 Å². The molecule has 0 aliphatic heterocycles. The van der Waals surface area contributed by atoms with E-state index in [1.54, 1.807) is 17.7 Å². The van der Waals surface area contributed by atoms with Crippen LogP contribution in [0, 0.1) is 6.92 Å². The fourth-order valence-corrected chi connectivity index (χ4v) is 3.03. The monoisotopic (exact) mass is 253 g/mol. The van der Waals surface area contributed by atoms with Crippen molar-refractivity contribution in [2.24, 2.45) is 0 Å². The Balaban J connectivity index is 2.03. The Kier molecular flexibility index (Phi) is 2.30. The van der Waals surface area contributed by atoms with Crippen LogP contribution in [0.25, 0.3) is 10.2 Å². The third-order valence-electron chi connectivity index (χ3n) is 3.02. The Bertz CT molecular complexity index is 533. The molecule has 0 unspecified atom stereocenters. The van der Waals surface area contributed by atoms with Gasteiger partial charge in [0.25, 0.3) is 0 Å². The molecule has 2 aromatic rings. The number of fused-ring (bicyclic) bond motifs is 1. The summed E-state index contributed by atoms with van der Waals surface area (Å²) in [6.07, 6.45) is 3.88. The van der Waals surface area contributed by atoms with E-state index in [1.807, 2.05) is 0 Å². The number of halogens is 1. The number of aryl methyl sites for hydroxylation is 1. The SMILES string of the molecule is Cc1csc2c(NC3(CCl)CC3)ncnc12. The summed E-state index contributed by atoms with van der Waals surface area (Å²) in [6, 6.07) is 0. The smallest absolute Gasteiger partial charge is 0.147 e. The third-order valence-corrected chi connectivity index (χ3v) is 4.63. The average molecular weight is 254 g/mol. The van der Waals surface area contributed by atoms with E-state index in [-0.39, 0.29) is 5.54 Å². The van der Waals surface area contributed by atoms with E-state index in [0.717, 1.165) is 28.9 Å². The molecule has 2 aromatic heterocycles. The summed E-state index contributed by atoms with van der Waals surface area (Å²) < 4.78 is 1.14. The van der Waals surface area contributed by atoms with E-state index in [2.05, 4.69) is 27.6 Å². The first-order chi connectivity index (χ1) is 7.74. The molecule has 0 spiro atoms. The van der Waals surface area contributed by atoms with E-state index < -0.39 is 0 Å². The van der Waals surface area contributed by atoms with Crippen molar-refractivity contribution in [1.82, 2.24) is 9.97 Å². The van der Waals surface area contributed by atoms with Gasteiger partial charge in [0.1, 0.15) is 12.1 Å². The molecular formula is C11H12ClN3S. The standard InChI is InChI=1S/C11H12ClN3S/c1-7-4-16-9-8(7)13-6-14-10(9)15-11(5-12)2-3-11/h4,6H,2-3,5H2,1H3,(H,13,14,15). The van der Waals surface area contributed by atoms with Crippen molar-refractivity contribution in [3.05, 3.63) is 17.3 Å². The zero-order valence-corrected chi connectivity index (χ0v) is 10.5. The second-order valence-electron chi connectivity index (χ2n) is 4.36. The number of thiophene rings is 1. The van der Waals surface area contributed by atoms with Gasteiger partial charge in [-0.2, -0.15) is 0 Å². The molecule has 0 radical (unpaired) electrons. The Hall–Kier alpha value is -0.870. The number of anilines is 1. The van der Waals surface area contributed by atoms with Gasteiger partial charge in [0, 0.05) is 5.88 Å². The molecule has 0 atom stereocenters. The van der Waals surface area contributed by atoms with Gasteiger partial charge in [0.2, 0.25) is 0 Å². The molecule has 2 heterocycles. The first kappa shape index (κ1) is 10.3. The van der Waals surface area contributed by atoms with E-state index >= 15 is 0 Å². The minimum Gasteiger partial charge on any atom is -0.362 e. The summed E-state index contributed by atoms with van der Waals surface area (Å²) in [4.78, 5) is 8.63. The first-order valence-corrected chi connectivity index (χ1v) is 6.68. The van der Waals surface area contributed by atoms with Crippen LogP contribution >= 0.6 is 22.9 Å². The molecule has 1 aliphatic carbocycles. The number of rotatable bonds is 3. The zero-order chi connectivity index (χ0) is 11.2. The number of hydrogen-bond acceptors (Lipinski definition) is 4. The average Bonchev–Trinajstić information content (AvgIpc) is 2.98. The van der Waals surface area contributed by atoms with Gasteiger partial charge in [-0.3, -0.25) is 0 Å². The summed E-state index contributed by atoms with van der Waals surface area (Å²) in [6.45, 7) is 2.07. The Morgan fingerprint density at radius 3 is 3.00 bits per heavy atom. The summed E-state index contributed by atoms with van der Waals surface area (Å²) in [5.74, 6) is 1.57. The summed E-state index contributed by atoms with van der Waals surface area (Å²) >= 11 is 7.65. The molecule has 0 aromatic carbocycles. The van der Waals surface area contributed by atoms with E-state index in [1.165, 1.54) is 5.56 Å². The van der Waals surface area contributed by atoms with E-state index in [4.69, 9.17) is 11.6 Å². The molecular weight excluding hydrogens is 242 g/mol. The highest BCUT2D eigenvalue weighted by atomic mass is 35.5. The van der Waals surface area contributed by atoms with Crippen LogP contribution < -0.4 is 5.32 Å². The minimum atomic E-state index is 0.0841. The normalized spacial score (nSPS) is 17.6. The molecule has 1 fully saturated rings. The molecule has 1 N–H and O–H groups in total. The fourth-order valence-electron chi connectivity index (χ4n) is 1.75.